The van der Waals surface area contributed by atoms with Gasteiger partial charge in [0.2, 0.25) is 9.84 Å². The van der Waals surface area contributed by atoms with Crippen LogP contribution in [0.25, 0.3) is 0 Å². The van der Waals surface area contributed by atoms with Crippen LogP contribution < -0.4 is 0 Å². The lowest BCUT2D eigenvalue weighted by Crippen LogP contribution is -2.42. The van der Waals surface area contributed by atoms with E-state index < -0.39 is 15.6 Å². The SMILES string of the molecule is Cc1ccccc1C(=O)N1CCC(C2CCN(Cc3ccc(S(=O)(=O)c4ccc(O)c(O)c4)cc3)CC2)CC1. The van der Waals surface area contributed by atoms with Gasteiger partial charge in [0.15, 0.2) is 11.5 Å². The Balaban J connectivity index is 1.11. The highest BCUT2D eigenvalue weighted by Gasteiger charge is 2.31. The number of piperidine rings is 2. The van der Waals surface area contributed by atoms with Gasteiger partial charge >= 0.3 is 0 Å². The van der Waals surface area contributed by atoms with Crippen molar-refractivity contribution in [2.24, 2.45) is 11.8 Å². The van der Waals surface area contributed by atoms with E-state index in [1.807, 2.05) is 48.2 Å². The van der Waals surface area contributed by atoms with Gasteiger partial charge < -0.3 is 15.1 Å². The van der Waals surface area contributed by atoms with E-state index in [4.69, 9.17) is 0 Å². The number of likely N-dealkylation sites (tertiary alicyclic amines) is 2. The second-order valence-corrected chi connectivity index (χ2v) is 12.8. The molecule has 2 aliphatic heterocycles. The Kier molecular flexibility index (Phi) is 7.96. The minimum Gasteiger partial charge on any atom is -0.504 e. The zero-order valence-electron chi connectivity index (χ0n) is 22.3. The molecule has 2 fully saturated rings. The van der Waals surface area contributed by atoms with E-state index in [1.54, 1.807) is 12.1 Å². The van der Waals surface area contributed by atoms with Gasteiger partial charge in [-0.15, -0.1) is 0 Å². The summed E-state index contributed by atoms with van der Waals surface area (Å²) in [7, 11) is -3.78. The van der Waals surface area contributed by atoms with Crippen LogP contribution in [0.5, 0.6) is 11.5 Å². The monoisotopic (exact) mass is 548 g/mol. The van der Waals surface area contributed by atoms with Crippen molar-refractivity contribution in [1.82, 2.24) is 9.80 Å². The number of sulfone groups is 1. The lowest BCUT2D eigenvalue weighted by atomic mass is 9.78. The summed E-state index contributed by atoms with van der Waals surface area (Å²) < 4.78 is 25.8. The Morgan fingerprint density at radius 2 is 1.38 bits per heavy atom. The lowest BCUT2D eigenvalue weighted by Gasteiger charge is -2.40. The molecule has 0 aromatic heterocycles. The summed E-state index contributed by atoms with van der Waals surface area (Å²) in [5.41, 5.74) is 2.91. The highest BCUT2D eigenvalue weighted by Crippen LogP contribution is 2.34. The van der Waals surface area contributed by atoms with Crippen LogP contribution in [0.1, 0.15) is 47.2 Å². The summed E-state index contributed by atoms with van der Waals surface area (Å²) in [6.07, 6.45) is 4.43. The largest absolute Gasteiger partial charge is 0.504 e. The Hall–Kier alpha value is -3.36. The number of phenols is 2. The standard InChI is InChI=1S/C31H36N2O5S/c1-22-4-2-3-5-28(22)31(36)33-18-14-25(15-19-33)24-12-16-32(17-13-24)21-23-6-8-26(9-7-23)39(37,38)27-10-11-29(34)30(35)20-27/h2-11,20,24-25,34-35H,12-19,21H2,1H3. The Morgan fingerprint density at radius 1 is 0.795 bits per heavy atom. The van der Waals surface area contributed by atoms with Crippen molar-refractivity contribution in [2.75, 3.05) is 26.2 Å². The van der Waals surface area contributed by atoms with Crippen LogP contribution in [0.4, 0.5) is 0 Å². The predicted molar refractivity (Wildman–Crippen MR) is 149 cm³/mol. The van der Waals surface area contributed by atoms with Crippen molar-refractivity contribution in [2.45, 2.75) is 48.9 Å². The quantitative estimate of drug-likeness (QED) is 0.421. The number of rotatable bonds is 6. The van der Waals surface area contributed by atoms with E-state index in [0.717, 1.165) is 81.2 Å². The van der Waals surface area contributed by atoms with Crippen molar-refractivity contribution < 1.29 is 23.4 Å². The minimum absolute atomic E-state index is 0.0574. The molecule has 2 heterocycles. The third-order valence-corrected chi connectivity index (χ3v) is 10.2. The highest BCUT2D eigenvalue weighted by molar-refractivity contribution is 7.91. The van der Waals surface area contributed by atoms with Crippen molar-refractivity contribution in [1.29, 1.82) is 0 Å². The summed E-state index contributed by atoms with van der Waals surface area (Å²) in [6, 6.07) is 18.2. The van der Waals surface area contributed by atoms with Crippen LogP contribution in [0.2, 0.25) is 0 Å². The lowest BCUT2D eigenvalue weighted by molar-refractivity contribution is 0.0598. The average molecular weight is 549 g/mol. The van der Waals surface area contributed by atoms with E-state index in [2.05, 4.69) is 4.90 Å². The minimum atomic E-state index is -3.78. The van der Waals surface area contributed by atoms with Crippen molar-refractivity contribution in [3.63, 3.8) is 0 Å². The molecule has 2 N–H and O–H groups in total. The van der Waals surface area contributed by atoms with Gasteiger partial charge in [0.05, 0.1) is 9.79 Å². The van der Waals surface area contributed by atoms with Gasteiger partial charge in [-0.05, 0) is 99.0 Å². The first-order valence-electron chi connectivity index (χ1n) is 13.7. The van der Waals surface area contributed by atoms with E-state index >= 15 is 0 Å². The molecule has 0 unspecified atom stereocenters. The summed E-state index contributed by atoms with van der Waals surface area (Å²) in [6.45, 7) is 6.46. The van der Waals surface area contributed by atoms with Crippen molar-refractivity contribution >= 4 is 15.7 Å². The van der Waals surface area contributed by atoms with E-state index in [0.29, 0.717) is 11.8 Å². The fraction of sp³-hybridized carbons (Fsp3) is 0.387. The number of aromatic hydroxyl groups is 2. The van der Waals surface area contributed by atoms with Crippen LogP contribution in [-0.4, -0.2) is 60.5 Å². The average Bonchev–Trinajstić information content (AvgIpc) is 2.95. The first kappa shape index (κ1) is 27.2. The topological polar surface area (TPSA) is 98.2 Å². The molecule has 0 atom stereocenters. The van der Waals surface area contributed by atoms with E-state index in [1.165, 1.54) is 12.1 Å². The second-order valence-electron chi connectivity index (χ2n) is 10.9. The van der Waals surface area contributed by atoms with Crippen LogP contribution in [0.3, 0.4) is 0 Å². The fourth-order valence-corrected chi connectivity index (χ4v) is 7.26. The van der Waals surface area contributed by atoms with Crippen LogP contribution in [0, 0.1) is 18.8 Å². The number of carbonyl (C=O) groups excluding carboxylic acids is 1. The molecule has 8 heteroatoms. The van der Waals surface area contributed by atoms with Gasteiger partial charge in [-0.3, -0.25) is 9.69 Å². The maximum absolute atomic E-state index is 13.0. The van der Waals surface area contributed by atoms with Crippen LogP contribution in [0.15, 0.2) is 76.5 Å². The maximum atomic E-state index is 13.0. The van der Waals surface area contributed by atoms with Gasteiger partial charge in [0.1, 0.15) is 0 Å². The molecular formula is C31H36N2O5S. The molecule has 0 aliphatic carbocycles. The summed E-state index contributed by atoms with van der Waals surface area (Å²) >= 11 is 0. The van der Waals surface area contributed by atoms with Gasteiger partial charge in [0.25, 0.3) is 5.91 Å². The highest BCUT2D eigenvalue weighted by atomic mass is 32.2. The number of hydrogen-bond acceptors (Lipinski definition) is 6. The molecule has 5 rings (SSSR count). The Morgan fingerprint density at radius 3 is 2.00 bits per heavy atom. The predicted octanol–water partition coefficient (Wildman–Crippen LogP) is 5.00. The molecule has 0 radical (unpaired) electrons. The molecule has 3 aromatic rings. The molecule has 0 spiro atoms. The van der Waals surface area contributed by atoms with Gasteiger partial charge in [-0.1, -0.05) is 30.3 Å². The summed E-state index contributed by atoms with van der Waals surface area (Å²) in [5.74, 6) is 0.689. The third kappa shape index (κ3) is 5.97. The van der Waals surface area contributed by atoms with Gasteiger partial charge in [-0.25, -0.2) is 8.42 Å². The zero-order valence-corrected chi connectivity index (χ0v) is 23.1. The number of benzene rings is 3. The number of carbonyl (C=O) groups is 1. The zero-order chi connectivity index (χ0) is 27.6. The normalized spacial score (nSPS) is 17.8. The fourth-order valence-electron chi connectivity index (χ4n) is 5.98. The summed E-state index contributed by atoms with van der Waals surface area (Å²) in [4.78, 5) is 17.5. The van der Waals surface area contributed by atoms with E-state index in [9.17, 15) is 23.4 Å². The molecule has 206 valence electrons. The van der Waals surface area contributed by atoms with Crippen molar-refractivity contribution in [3.05, 3.63) is 83.4 Å². The Bertz CT molecular complexity index is 1420. The first-order valence-corrected chi connectivity index (χ1v) is 15.1. The summed E-state index contributed by atoms with van der Waals surface area (Å²) in [5, 5.41) is 19.2. The number of phenolic OH excluding ortho intramolecular Hbond substituents is 2. The molecule has 0 bridgehead atoms. The molecule has 0 saturated carbocycles. The molecule has 2 aliphatic rings. The number of aryl methyl sites for hydroxylation is 1. The number of nitrogens with zero attached hydrogens (tertiary/aromatic N) is 2. The van der Waals surface area contributed by atoms with Gasteiger partial charge in [-0.2, -0.15) is 0 Å². The second kappa shape index (κ2) is 11.4. The smallest absolute Gasteiger partial charge is 0.254 e. The van der Waals surface area contributed by atoms with E-state index in [-0.39, 0.29) is 21.4 Å². The Labute approximate surface area is 230 Å². The first-order chi connectivity index (χ1) is 18.7. The molecule has 7 nitrogen and oxygen atoms in total. The van der Waals surface area contributed by atoms with Gasteiger partial charge in [0, 0.05) is 31.3 Å². The molecular weight excluding hydrogens is 512 g/mol. The number of hydrogen-bond donors (Lipinski definition) is 2. The molecule has 39 heavy (non-hydrogen) atoms. The molecule has 3 aromatic carbocycles. The third-order valence-electron chi connectivity index (χ3n) is 8.40. The molecule has 2 saturated heterocycles. The number of amides is 1. The van der Waals surface area contributed by atoms with Crippen LogP contribution in [-0.2, 0) is 16.4 Å². The van der Waals surface area contributed by atoms with Crippen LogP contribution >= 0.6 is 0 Å². The maximum Gasteiger partial charge on any atom is 0.254 e. The van der Waals surface area contributed by atoms with Crippen molar-refractivity contribution in [3.8, 4) is 11.5 Å². The molecule has 1 amide bonds.